The lowest BCUT2D eigenvalue weighted by molar-refractivity contribution is 1.21. The summed E-state index contributed by atoms with van der Waals surface area (Å²) in [6.07, 6.45) is 1.55. The number of thioether (sulfide) groups is 1. The molecule has 16 heavy (non-hydrogen) atoms. The highest BCUT2D eigenvalue weighted by molar-refractivity contribution is 8.00. The maximum Gasteiger partial charge on any atom is 0.170 e. The van der Waals surface area contributed by atoms with Crippen LogP contribution in [0, 0.1) is 5.41 Å². The van der Waals surface area contributed by atoms with Crippen LogP contribution in [0.1, 0.15) is 11.1 Å². The minimum atomic E-state index is 0.0998. The van der Waals surface area contributed by atoms with E-state index in [0.29, 0.717) is 0 Å². The van der Waals surface area contributed by atoms with Gasteiger partial charge in [-0.1, -0.05) is 30.0 Å². The van der Waals surface area contributed by atoms with Gasteiger partial charge in [0.2, 0.25) is 0 Å². The molecule has 0 bridgehead atoms. The van der Waals surface area contributed by atoms with Crippen LogP contribution in [0.15, 0.2) is 34.9 Å². The summed E-state index contributed by atoms with van der Waals surface area (Å²) in [6.45, 7) is 0. The average Bonchev–Trinajstić information content (AvgIpc) is 2.79. The van der Waals surface area contributed by atoms with E-state index in [1.165, 1.54) is 11.5 Å². The first-order chi connectivity index (χ1) is 7.75. The number of amidine groups is 1. The average molecular weight is 250 g/mol. The molecule has 1 heterocycles. The number of nitrogens with zero attached hydrogens (tertiary/aromatic N) is 2. The van der Waals surface area contributed by atoms with Crippen LogP contribution in [-0.2, 0) is 5.75 Å². The van der Waals surface area contributed by atoms with Crippen LogP contribution in [0.3, 0.4) is 0 Å². The van der Waals surface area contributed by atoms with Crippen LogP contribution in [0.4, 0.5) is 0 Å². The zero-order chi connectivity index (χ0) is 11.4. The van der Waals surface area contributed by atoms with Gasteiger partial charge in [-0.3, -0.25) is 5.41 Å². The van der Waals surface area contributed by atoms with E-state index in [1.54, 1.807) is 18.1 Å². The third-order valence-electron chi connectivity index (χ3n) is 1.94. The molecule has 0 radical (unpaired) electrons. The summed E-state index contributed by atoms with van der Waals surface area (Å²) < 4.78 is 4.89. The fourth-order valence-electron chi connectivity index (χ4n) is 1.20. The van der Waals surface area contributed by atoms with E-state index in [0.717, 1.165) is 21.2 Å². The number of aromatic nitrogens is 2. The van der Waals surface area contributed by atoms with Crippen molar-refractivity contribution in [1.29, 1.82) is 5.41 Å². The lowest BCUT2D eigenvalue weighted by atomic mass is 10.1. The molecular formula is C10H10N4S2. The van der Waals surface area contributed by atoms with Crippen molar-refractivity contribution in [2.75, 3.05) is 0 Å². The van der Waals surface area contributed by atoms with Crippen LogP contribution in [0.5, 0.6) is 0 Å². The molecule has 0 atom stereocenters. The highest BCUT2D eigenvalue weighted by atomic mass is 32.2. The van der Waals surface area contributed by atoms with Crippen molar-refractivity contribution in [3.05, 3.63) is 41.7 Å². The molecule has 0 fully saturated rings. The number of nitrogens with two attached hydrogens (primary N) is 1. The van der Waals surface area contributed by atoms with Crippen molar-refractivity contribution in [3.8, 4) is 0 Å². The van der Waals surface area contributed by atoms with Gasteiger partial charge in [0.1, 0.15) is 12.2 Å². The van der Waals surface area contributed by atoms with Gasteiger partial charge in [-0.2, -0.15) is 4.37 Å². The minimum Gasteiger partial charge on any atom is -0.384 e. The Kier molecular flexibility index (Phi) is 3.53. The van der Waals surface area contributed by atoms with Gasteiger partial charge in [0.05, 0.1) is 0 Å². The summed E-state index contributed by atoms with van der Waals surface area (Å²) in [5.41, 5.74) is 7.32. The normalized spacial score (nSPS) is 10.2. The Balaban J connectivity index is 2.04. The second kappa shape index (κ2) is 5.09. The molecule has 0 aliphatic heterocycles. The van der Waals surface area contributed by atoms with Gasteiger partial charge in [0, 0.05) is 11.3 Å². The van der Waals surface area contributed by atoms with Gasteiger partial charge in [0.25, 0.3) is 0 Å². The summed E-state index contributed by atoms with van der Waals surface area (Å²) in [4.78, 5) is 4.09. The standard InChI is InChI=1S/C10H10N4S2/c11-9(12)8-3-1-2-7(4-8)5-15-10-13-6-14-16-10/h1-4,6H,5H2,(H3,11,12). The predicted molar refractivity (Wildman–Crippen MR) is 66.9 cm³/mol. The van der Waals surface area contributed by atoms with Crippen LogP contribution in [-0.4, -0.2) is 15.2 Å². The van der Waals surface area contributed by atoms with Crippen molar-refractivity contribution in [1.82, 2.24) is 9.36 Å². The van der Waals surface area contributed by atoms with Gasteiger partial charge < -0.3 is 5.73 Å². The molecule has 0 saturated carbocycles. The fraction of sp³-hybridized carbons (Fsp3) is 0.100. The summed E-state index contributed by atoms with van der Waals surface area (Å²) in [5, 5.41) is 7.35. The van der Waals surface area contributed by atoms with Gasteiger partial charge in [-0.25, -0.2) is 4.98 Å². The second-order valence-electron chi connectivity index (χ2n) is 3.11. The van der Waals surface area contributed by atoms with E-state index in [1.807, 2.05) is 24.3 Å². The zero-order valence-corrected chi connectivity index (χ0v) is 10.0. The summed E-state index contributed by atoms with van der Waals surface area (Å²) in [5.74, 6) is 0.916. The van der Waals surface area contributed by atoms with Crippen molar-refractivity contribution in [2.45, 2.75) is 10.1 Å². The Hall–Kier alpha value is -1.40. The molecule has 2 rings (SSSR count). The van der Waals surface area contributed by atoms with Crippen LogP contribution >= 0.6 is 23.3 Å². The quantitative estimate of drug-likeness (QED) is 0.495. The molecule has 3 N–H and O–H groups in total. The molecule has 0 saturated heterocycles. The van der Waals surface area contributed by atoms with Crippen LogP contribution in [0.2, 0.25) is 0 Å². The number of benzene rings is 1. The second-order valence-corrected chi connectivity index (χ2v) is 5.11. The molecule has 82 valence electrons. The SMILES string of the molecule is N=C(N)c1cccc(CSc2ncns2)c1. The Morgan fingerprint density at radius 1 is 1.50 bits per heavy atom. The zero-order valence-electron chi connectivity index (χ0n) is 8.38. The number of rotatable bonds is 4. The molecule has 2 aromatic rings. The first-order valence-corrected chi connectivity index (χ1v) is 6.34. The molecule has 1 aromatic heterocycles. The Labute approximate surface area is 102 Å². The van der Waals surface area contributed by atoms with Crippen LogP contribution in [0.25, 0.3) is 0 Å². The van der Waals surface area contributed by atoms with Crippen molar-refractivity contribution < 1.29 is 0 Å². The molecule has 0 unspecified atom stereocenters. The molecule has 4 nitrogen and oxygen atoms in total. The summed E-state index contributed by atoms with van der Waals surface area (Å²) in [7, 11) is 0. The third-order valence-corrected chi connectivity index (χ3v) is 3.81. The van der Waals surface area contributed by atoms with E-state index >= 15 is 0 Å². The first-order valence-electron chi connectivity index (χ1n) is 4.58. The van der Waals surface area contributed by atoms with Gasteiger partial charge in [-0.05, 0) is 23.2 Å². The van der Waals surface area contributed by atoms with Crippen molar-refractivity contribution >= 4 is 29.1 Å². The van der Waals surface area contributed by atoms with Gasteiger partial charge >= 0.3 is 0 Å². The summed E-state index contributed by atoms with van der Waals surface area (Å²) in [6, 6.07) is 7.69. The van der Waals surface area contributed by atoms with E-state index in [2.05, 4.69) is 9.36 Å². The predicted octanol–water partition coefficient (Wildman–Crippen LogP) is 2.11. The van der Waals surface area contributed by atoms with Gasteiger partial charge in [0.15, 0.2) is 4.34 Å². The maximum atomic E-state index is 7.35. The highest BCUT2D eigenvalue weighted by Crippen LogP contribution is 2.23. The molecular weight excluding hydrogens is 240 g/mol. The smallest absolute Gasteiger partial charge is 0.170 e. The third kappa shape index (κ3) is 2.80. The molecule has 0 aliphatic rings. The lowest BCUT2D eigenvalue weighted by Crippen LogP contribution is -2.10. The van der Waals surface area contributed by atoms with Crippen molar-refractivity contribution in [3.63, 3.8) is 0 Å². The largest absolute Gasteiger partial charge is 0.384 e. The number of hydrogen-bond donors (Lipinski definition) is 2. The Bertz CT molecular complexity index is 481. The van der Waals surface area contributed by atoms with Crippen LogP contribution < -0.4 is 5.73 Å². The van der Waals surface area contributed by atoms with E-state index < -0.39 is 0 Å². The Morgan fingerprint density at radius 3 is 3.06 bits per heavy atom. The number of nitrogens with one attached hydrogen (secondary N) is 1. The maximum absolute atomic E-state index is 7.35. The molecule has 0 amide bonds. The summed E-state index contributed by atoms with van der Waals surface area (Å²) >= 11 is 3.02. The number of hydrogen-bond acceptors (Lipinski definition) is 5. The molecule has 6 heteroatoms. The molecule has 0 aliphatic carbocycles. The highest BCUT2D eigenvalue weighted by Gasteiger charge is 2.01. The van der Waals surface area contributed by atoms with E-state index in [4.69, 9.17) is 11.1 Å². The molecule has 0 spiro atoms. The van der Waals surface area contributed by atoms with E-state index in [9.17, 15) is 0 Å². The lowest BCUT2D eigenvalue weighted by Gasteiger charge is -2.02. The molecule has 1 aromatic carbocycles. The van der Waals surface area contributed by atoms with E-state index in [-0.39, 0.29) is 5.84 Å². The minimum absolute atomic E-state index is 0.0998. The Morgan fingerprint density at radius 2 is 2.38 bits per heavy atom. The number of nitrogen functional groups attached to an aromatic ring is 1. The topological polar surface area (TPSA) is 75.7 Å². The first kappa shape index (κ1) is 11.1. The van der Waals surface area contributed by atoms with Crippen molar-refractivity contribution in [2.24, 2.45) is 5.73 Å². The monoisotopic (exact) mass is 250 g/mol. The fourth-order valence-corrected chi connectivity index (χ4v) is 2.59. The van der Waals surface area contributed by atoms with Gasteiger partial charge in [-0.15, -0.1) is 0 Å².